The fraction of sp³-hybridized carbons (Fsp3) is 0.235. The van der Waals surface area contributed by atoms with E-state index in [9.17, 15) is 14.4 Å². The van der Waals surface area contributed by atoms with Crippen LogP contribution in [0.1, 0.15) is 5.56 Å². The zero-order valence-corrected chi connectivity index (χ0v) is 15.0. The summed E-state index contributed by atoms with van der Waals surface area (Å²) in [5, 5.41) is 3.91. The Kier molecular flexibility index (Phi) is 4.88. The molecule has 0 aliphatic rings. The number of rotatable bonds is 5. The number of aryl methyl sites for hydroxylation is 1. The molecule has 10 heteroatoms. The van der Waals surface area contributed by atoms with Crippen LogP contribution in [0.25, 0.3) is 11.2 Å². The first-order chi connectivity index (χ1) is 12.9. The zero-order valence-electron chi connectivity index (χ0n) is 15.0. The molecule has 3 aromatic rings. The molecule has 0 unspecified atom stereocenters. The summed E-state index contributed by atoms with van der Waals surface area (Å²) in [5.74, 6) is 0.178. The number of imidazole rings is 1. The molecular weight excluding hydrogens is 352 g/mol. The smallest absolute Gasteiger partial charge is 0.332 e. The first-order valence-corrected chi connectivity index (χ1v) is 7.99. The molecule has 0 atom stereocenters. The van der Waals surface area contributed by atoms with Crippen LogP contribution in [0, 0.1) is 0 Å². The van der Waals surface area contributed by atoms with Gasteiger partial charge in [0.25, 0.3) is 11.5 Å². The van der Waals surface area contributed by atoms with Gasteiger partial charge in [0.05, 0.1) is 19.7 Å². The lowest BCUT2D eigenvalue weighted by molar-refractivity contribution is -0.121. The molecule has 1 aromatic carbocycles. The van der Waals surface area contributed by atoms with Crippen molar-refractivity contribution in [2.45, 2.75) is 6.54 Å². The molecule has 1 N–H and O–H groups in total. The Bertz CT molecular complexity index is 1150. The van der Waals surface area contributed by atoms with Crippen LogP contribution in [-0.4, -0.2) is 37.9 Å². The SMILES string of the molecule is COc1ccccc1/C=N\NC(=O)Cn1cnc2c1c(=O)n(C)c(=O)n2C. The molecule has 0 saturated carbocycles. The summed E-state index contributed by atoms with van der Waals surface area (Å²) in [6.45, 7) is -0.173. The van der Waals surface area contributed by atoms with Gasteiger partial charge in [-0.1, -0.05) is 12.1 Å². The highest BCUT2D eigenvalue weighted by Gasteiger charge is 2.15. The number of para-hydroxylation sites is 1. The predicted molar refractivity (Wildman–Crippen MR) is 98.9 cm³/mol. The van der Waals surface area contributed by atoms with E-state index in [4.69, 9.17) is 4.74 Å². The Morgan fingerprint density at radius 1 is 1.26 bits per heavy atom. The van der Waals surface area contributed by atoms with E-state index in [0.29, 0.717) is 11.3 Å². The zero-order chi connectivity index (χ0) is 19.6. The van der Waals surface area contributed by atoms with E-state index in [1.165, 1.54) is 35.8 Å². The van der Waals surface area contributed by atoms with Crippen molar-refractivity contribution in [3.05, 3.63) is 57.0 Å². The first kappa shape index (κ1) is 18.1. The van der Waals surface area contributed by atoms with Crippen LogP contribution < -0.4 is 21.4 Å². The Hall–Kier alpha value is -3.69. The maximum absolute atomic E-state index is 12.3. The number of methoxy groups -OCH3 is 1. The van der Waals surface area contributed by atoms with Gasteiger partial charge in [0, 0.05) is 19.7 Å². The third kappa shape index (κ3) is 3.36. The van der Waals surface area contributed by atoms with Crippen molar-refractivity contribution in [3.63, 3.8) is 0 Å². The number of amides is 1. The van der Waals surface area contributed by atoms with E-state index in [0.717, 1.165) is 4.57 Å². The molecule has 140 valence electrons. The largest absolute Gasteiger partial charge is 0.496 e. The maximum atomic E-state index is 12.3. The predicted octanol–water partition coefficient (Wildman–Crippen LogP) is -0.407. The summed E-state index contributed by atoms with van der Waals surface area (Å²) in [4.78, 5) is 40.5. The van der Waals surface area contributed by atoms with Gasteiger partial charge in [0.15, 0.2) is 11.2 Å². The number of ether oxygens (including phenoxy) is 1. The van der Waals surface area contributed by atoms with Crippen LogP contribution in [0.3, 0.4) is 0 Å². The Morgan fingerprint density at radius 2 is 2.00 bits per heavy atom. The molecule has 2 aromatic heterocycles. The van der Waals surface area contributed by atoms with Gasteiger partial charge >= 0.3 is 5.69 Å². The minimum Gasteiger partial charge on any atom is -0.496 e. The van der Waals surface area contributed by atoms with Crippen molar-refractivity contribution < 1.29 is 9.53 Å². The molecule has 1 amide bonds. The van der Waals surface area contributed by atoms with Gasteiger partial charge in [0.2, 0.25) is 0 Å². The third-order valence-electron chi connectivity index (χ3n) is 4.06. The molecule has 10 nitrogen and oxygen atoms in total. The fourth-order valence-electron chi connectivity index (χ4n) is 2.65. The van der Waals surface area contributed by atoms with Crippen LogP contribution in [-0.2, 0) is 25.4 Å². The lowest BCUT2D eigenvalue weighted by atomic mass is 10.2. The summed E-state index contributed by atoms with van der Waals surface area (Å²) < 4.78 is 8.81. The molecule has 0 radical (unpaired) electrons. The number of carbonyl (C=O) groups excluding carboxylic acids is 1. The van der Waals surface area contributed by atoms with Gasteiger partial charge in [-0.05, 0) is 12.1 Å². The average molecular weight is 370 g/mol. The van der Waals surface area contributed by atoms with Crippen molar-refractivity contribution in [1.29, 1.82) is 0 Å². The second-order valence-electron chi connectivity index (χ2n) is 5.79. The Balaban J connectivity index is 1.80. The number of nitrogens with one attached hydrogen (secondary N) is 1. The van der Waals surface area contributed by atoms with Gasteiger partial charge in [-0.2, -0.15) is 5.10 Å². The van der Waals surface area contributed by atoms with E-state index < -0.39 is 17.2 Å². The van der Waals surface area contributed by atoms with Gasteiger partial charge in [-0.15, -0.1) is 0 Å². The highest BCUT2D eigenvalue weighted by atomic mass is 16.5. The molecule has 0 saturated heterocycles. The minimum absolute atomic E-state index is 0.170. The second-order valence-corrected chi connectivity index (χ2v) is 5.79. The van der Waals surface area contributed by atoms with Crippen LogP contribution >= 0.6 is 0 Å². The highest BCUT2D eigenvalue weighted by Crippen LogP contribution is 2.14. The molecule has 2 heterocycles. The molecule has 0 aliphatic heterocycles. The maximum Gasteiger partial charge on any atom is 0.332 e. The fourth-order valence-corrected chi connectivity index (χ4v) is 2.65. The number of nitrogens with zero attached hydrogens (tertiary/aromatic N) is 5. The standard InChI is InChI=1S/C17H18N6O4/c1-21-15-14(16(25)22(2)17(21)26)23(10-18-15)9-13(24)20-19-8-11-6-4-5-7-12(11)27-3/h4-8,10H,9H2,1-3H3,(H,20,24)/b19-8-. The van der Waals surface area contributed by atoms with E-state index in [1.807, 2.05) is 12.1 Å². The van der Waals surface area contributed by atoms with Crippen LogP contribution in [0.2, 0.25) is 0 Å². The van der Waals surface area contributed by atoms with Gasteiger partial charge in [-0.3, -0.25) is 18.7 Å². The van der Waals surface area contributed by atoms with E-state index >= 15 is 0 Å². The summed E-state index contributed by atoms with van der Waals surface area (Å²) >= 11 is 0. The molecule has 0 spiro atoms. The number of carbonyl (C=O) groups is 1. The van der Waals surface area contributed by atoms with E-state index in [-0.39, 0.29) is 17.7 Å². The topological polar surface area (TPSA) is 113 Å². The van der Waals surface area contributed by atoms with Crippen molar-refractivity contribution in [1.82, 2.24) is 24.1 Å². The third-order valence-corrected chi connectivity index (χ3v) is 4.06. The van der Waals surface area contributed by atoms with Gasteiger partial charge in [-0.25, -0.2) is 15.2 Å². The number of fused-ring (bicyclic) bond motifs is 1. The number of hydrazone groups is 1. The lowest BCUT2D eigenvalue weighted by Crippen LogP contribution is -2.38. The average Bonchev–Trinajstić information content (AvgIpc) is 3.08. The highest BCUT2D eigenvalue weighted by molar-refractivity contribution is 5.85. The normalized spacial score (nSPS) is 11.2. The van der Waals surface area contributed by atoms with Crippen molar-refractivity contribution in [2.75, 3.05) is 7.11 Å². The first-order valence-electron chi connectivity index (χ1n) is 7.99. The Labute approximate surface area is 153 Å². The summed E-state index contributed by atoms with van der Waals surface area (Å²) in [5.41, 5.74) is 2.49. The summed E-state index contributed by atoms with van der Waals surface area (Å²) in [6.07, 6.45) is 2.81. The van der Waals surface area contributed by atoms with Crippen molar-refractivity contribution in [3.8, 4) is 5.75 Å². The summed E-state index contributed by atoms with van der Waals surface area (Å²) in [7, 11) is 4.43. The van der Waals surface area contributed by atoms with Crippen LogP contribution in [0.4, 0.5) is 0 Å². The van der Waals surface area contributed by atoms with Crippen LogP contribution in [0.15, 0.2) is 45.3 Å². The van der Waals surface area contributed by atoms with E-state index in [1.54, 1.807) is 19.2 Å². The number of benzene rings is 1. The van der Waals surface area contributed by atoms with Gasteiger partial charge < -0.3 is 9.30 Å². The molecule has 3 rings (SSSR count). The van der Waals surface area contributed by atoms with Gasteiger partial charge in [0.1, 0.15) is 12.3 Å². The lowest BCUT2D eigenvalue weighted by Gasteiger charge is -2.06. The molecule has 27 heavy (non-hydrogen) atoms. The van der Waals surface area contributed by atoms with Crippen molar-refractivity contribution in [2.24, 2.45) is 19.2 Å². The molecule has 0 fully saturated rings. The molecule has 0 bridgehead atoms. The summed E-state index contributed by atoms with van der Waals surface area (Å²) in [6, 6.07) is 7.22. The molecule has 0 aliphatic carbocycles. The monoisotopic (exact) mass is 370 g/mol. The number of aromatic nitrogens is 4. The second kappa shape index (κ2) is 7.28. The number of hydrogen-bond acceptors (Lipinski definition) is 6. The number of hydrogen-bond donors (Lipinski definition) is 1. The van der Waals surface area contributed by atoms with Crippen LogP contribution in [0.5, 0.6) is 5.75 Å². The van der Waals surface area contributed by atoms with E-state index in [2.05, 4.69) is 15.5 Å². The molecular formula is C17H18N6O4. The van der Waals surface area contributed by atoms with Crippen molar-refractivity contribution >= 4 is 23.3 Å². The Morgan fingerprint density at radius 3 is 2.74 bits per heavy atom. The quantitative estimate of drug-likeness (QED) is 0.485. The minimum atomic E-state index is -0.518.